The second kappa shape index (κ2) is 5.45. The van der Waals surface area contributed by atoms with Gasteiger partial charge in [0.1, 0.15) is 11.5 Å². The van der Waals surface area contributed by atoms with E-state index in [2.05, 4.69) is 26.5 Å². The van der Waals surface area contributed by atoms with E-state index in [1.54, 1.807) is 38.1 Å². The molecule has 8 heteroatoms. The van der Waals surface area contributed by atoms with Crippen LogP contribution in [0.5, 0.6) is 0 Å². The fourth-order valence-corrected chi connectivity index (χ4v) is 3.04. The molecule has 2 aliphatic rings. The SMILES string of the molecule is CCOC(=O)C1=NN[C@]2(C)C(=O)N(c3ccc(Br)cc3)C(=O)[C@H]12. The molecule has 2 heterocycles. The first-order valence-corrected chi connectivity index (χ1v) is 7.85. The Hall–Kier alpha value is -2.22. The van der Waals surface area contributed by atoms with E-state index >= 15 is 0 Å². The fourth-order valence-electron chi connectivity index (χ4n) is 2.78. The molecule has 1 N–H and O–H groups in total. The number of nitrogens with zero attached hydrogens (tertiary/aromatic N) is 2. The molecular formula is C15H14BrN3O4. The maximum atomic E-state index is 12.8. The average molecular weight is 380 g/mol. The van der Waals surface area contributed by atoms with Crippen molar-refractivity contribution in [3.8, 4) is 0 Å². The molecule has 0 spiro atoms. The standard InChI is InChI=1S/C15H14BrN3O4/c1-3-23-13(21)11-10-12(20)19(9-6-4-8(16)5-7-9)14(22)15(10,2)18-17-11/h4-7,10,18H,3H2,1-2H3/t10-,15-/m0/s1. The molecule has 1 fully saturated rings. The topological polar surface area (TPSA) is 88.1 Å². The number of esters is 1. The fraction of sp³-hybridized carbons (Fsp3) is 0.333. The number of hydrogen-bond acceptors (Lipinski definition) is 6. The van der Waals surface area contributed by atoms with Gasteiger partial charge in [0.15, 0.2) is 5.71 Å². The third-order valence-corrected chi connectivity index (χ3v) is 4.47. The number of carbonyl (C=O) groups is 3. The molecule has 3 rings (SSSR count). The summed E-state index contributed by atoms with van der Waals surface area (Å²) in [6.45, 7) is 3.39. The third kappa shape index (κ3) is 2.24. The van der Waals surface area contributed by atoms with Gasteiger partial charge in [-0.1, -0.05) is 15.9 Å². The van der Waals surface area contributed by atoms with Gasteiger partial charge in [-0.15, -0.1) is 0 Å². The highest BCUT2D eigenvalue weighted by Crippen LogP contribution is 2.38. The van der Waals surface area contributed by atoms with Crippen LogP contribution in [-0.4, -0.2) is 35.6 Å². The number of benzene rings is 1. The Morgan fingerprint density at radius 1 is 1.39 bits per heavy atom. The molecule has 2 atom stereocenters. The highest BCUT2D eigenvalue weighted by molar-refractivity contribution is 9.10. The summed E-state index contributed by atoms with van der Waals surface area (Å²) in [5.41, 5.74) is 1.76. The number of rotatable bonds is 3. The predicted molar refractivity (Wildman–Crippen MR) is 85.7 cm³/mol. The number of carbonyl (C=O) groups excluding carboxylic acids is 3. The van der Waals surface area contributed by atoms with Gasteiger partial charge < -0.3 is 4.74 Å². The third-order valence-electron chi connectivity index (χ3n) is 3.94. The minimum atomic E-state index is -1.27. The van der Waals surface area contributed by atoms with E-state index in [-0.39, 0.29) is 12.3 Å². The second-order valence-electron chi connectivity index (χ2n) is 5.42. The number of halogens is 1. The van der Waals surface area contributed by atoms with Crippen LogP contribution in [0.4, 0.5) is 5.69 Å². The Balaban J connectivity index is 1.98. The molecule has 2 aliphatic heterocycles. The van der Waals surface area contributed by atoms with Crippen molar-refractivity contribution in [2.45, 2.75) is 19.4 Å². The number of ether oxygens (including phenoxy) is 1. The van der Waals surface area contributed by atoms with Crippen molar-refractivity contribution in [2.75, 3.05) is 11.5 Å². The number of fused-ring (bicyclic) bond motifs is 1. The molecule has 2 amide bonds. The van der Waals surface area contributed by atoms with Crippen molar-refractivity contribution in [3.05, 3.63) is 28.7 Å². The van der Waals surface area contributed by atoms with E-state index in [0.29, 0.717) is 5.69 Å². The summed E-state index contributed by atoms with van der Waals surface area (Å²) in [5.74, 6) is -2.61. The summed E-state index contributed by atoms with van der Waals surface area (Å²) < 4.78 is 5.75. The molecule has 0 unspecified atom stereocenters. The molecule has 7 nitrogen and oxygen atoms in total. The van der Waals surface area contributed by atoms with Gasteiger partial charge in [0.2, 0.25) is 5.91 Å². The Morgan fingerprint density at radius 2 is 2.04 bits per heavy atom. The van der Waals surface area contributed by atoms with Crippen LogP contribution in [0, 0.1) is 5.92 Å². The molecule has 1 saturated heterocycles. The van der Waals surface area contributed by atoms with Crippen molar-refractivity contribution in [2.24, 2.45) is 11.0 Å². The Bertz CT molecular complexity index is 731. The second-order valence-corrected chi connectivity index (χ2v) is 6.34. The first-order valence-electron chi connectivity index (χ1n) is 7.06. The lowest BCUT2D eigenvalue weighted by molar-refractivity contribution is -0.136. The Kier molecular flexibility index (Phi) is 3.71. The largest absolute Gasteiger partial charge is 0.461 e. The molecular weight excluding hydrogens is 366 g/mol. The maximum Gasteiger partial charge on any atom is 0.355 e. The van der Waals surface area contributed by atoms with Gasteiger partial charge in [-0.25, -0.2) is 9.69 Å². The summed E-state index contributed by atoms with van der Waals surface area (Å²) in [5, 5.41) is 3.87. The average Bonchev–Trinajstić information content (AvgIpc) is 2.96. The summed E-state index contributed by atoms with van der Waals surface area (Å²) >= 11 is 3.31. The van der Waals surface area contributed by atoms with Crippen LogP contribution in [-0.2, 0) is 19.1 Å². The van der Waals surface area contributed by atoms with E-state index in [1.165, 1.54) is 0 Å². The summed E-state index contributed by atoms with van der Waals surface area (Å²) in [7, 11) is 0. The van der Waals surface area contributed by atoms with Crippen molar-refractivity contribution in [1.29, 1.82) is 0 Å². The number of hydrazone groups is 1. The van der Waals surface area contributed by atoms with Crippen LogP contribution in [0.3, 0.4) is 0 Å². The predicted octanol–water partition coefficient (Wildman–Crippen LogP) is 1.22. The molecule has 0 aliphatic carbocycles. The number of amides is 2. The molecule has 1 aromatic carbocycles. The van der Waals surface area contributed by atoms with Crippen LogP contribution >= 0.6 is 15.9 Å². The van der Waals surface area contributed by atoms with Gasteiger partial charge in [-0.3, -0.25) is 15.0 Å². The number of nitrogens with one attached hydrogen (secondary N) is 1. The maximum absolute atomic E-state index is 12.8. The highest BCUT2D eigenvalue weighted by atomic mass is 79.9. The van der Waals surface area contributed by atoms with Crippen LogP contribution < -0.4 is 10.3 Å². The minimum Gasteiger partial charge on any atom is -0.461 e. The lowest BCUT2D eigenvalue weighted by atomic mass is 9.86. The van der Waals surface area contributed by atoms with Gasteiger partial charge in [-0.05, 0) is 38.1 Å². The Morgan fingerprint density at radius 3 is 2.65 bits per heavy atom. The van der Waals surface area contributed by atoms with E-state index in [1.807, 2.05) is 0 Å². The summed E-state index contributed by atoms with van der Waals surface area (Å²) in [4.78, 5) is 38.6. The van der Waals surface area contributed by atoms with Crippen LogP contribution in [0.15, 0.2) is 33.8 Å². The van der Waals surface area contributed by atoms with E-state index in [4.69, 9.17) is 4.74 Å². The zero-order valence-electron chi connectivity index (χ0n) is 12.5. The number of hydrogen-bond donors (Lipinski definition) is 1. The zero-order chi connectivity index (χ0) is 16.8. The van der Waals surface area contributed by atoms with Gasteiger partial charge in [0, 0.05) is 4.47 Å². The lowest BCUT2D eigenvalue weighted by Gasteiger charge is -2.20. The van der Waals surface area contributed by atoms with Crippen molar-refractivity contribution in [3.63, 3.8) is 0 Å². The van der Waals surface area contributed by atoms with Crippen LogP contribution in [0.25, 0.3) is 0 Å². The van der Waals surface area contributed by atoms with E-state index < -0.39 is 29.2 Å². The molecule has 0 radical (unpaired) electrons. The molecule has 0 aromatic heterocycles. The Labute approximate surface area is 140 Å². The molecule has 120 valence electrons. The number of imide groups is 1. The number of anilines is 1. The smallest absolute Gasteiger partial charge is 0.355 e. The highest BCUT2D eigenvalue weighted by Gasteiger charge is 2.63. The normalized spacial score (nSPS) is 26.0. The first-order chi connectivity index (χ1) is 10.9. The van der Waals surface area contributed by atoms with Gasteiger partial charge >= 0.3 is 5.97 Å². The van der Waals surface area contributed by atoms with Crippen molar-refractivity contribution < 1.29 is 19.1 Å². The van der Waals surface area contributed by atoms with E-state index in [9.17, 15) is 14.4 Å². The first kappa shape index (κ1) is 15.7. The van der Waals surface area contributed by atoms with Crippen LogP contribution in [0.2, 0.25) is 0 Å². The lowest BCUT2D eigenvalue weighted by Crippen LogP contribution is -2.48. The van der Waals surface area contributed by atoms with Crippen molar-refractivity contribution in [1.82, 2.24) is 5.43 Å². The molecule has 1 aromatic rings. The van der Waals surface area contributed by atoms with Gasteiger partial charge in [-0.2, -0.15) is 5.10 Å². The molecule has 23 heavy (non-hydrogen) atoms. The summed E-state index contributed by atoms with van der Waals surface area (Å²) in [6.07, 6.45) is 0. The summed E-state index contributed by atoms with van der Waals surface area (Å²) in [6, 6.07) is 6.79. The van der Waals surface area contributed by atoms with Gasteiger partial charge in [0.05, 0.1) is 12.3 Å². The quantitative estimate of drug-likeness (QED) is 0.629. The van der Waals surface area contributed by atoms with E-state index in [0.717, 1.165) is 9.37 Å². The van der Waals surface area contributed by atoms with Crippen molar-refractivity contribution >= 4 is 45.1 Å². The minimum absolute atomic E-state index is 0.0627. The van der Waals surface area contributed by atoms with Crippen LogP contribution in [0.1, 0.15) is 13.8 Å². The zero-order valence-corrected chi connectivity index (χ0v) is 14.1. The molecule has 0 bridgehead atoms. The van der Waals surface area contributed by atoms with Gasteiger partial charge in [0.25, 0.3) is 5.91 Å². The monoisotopic (exact) mass is 379 g/mol. The molecule has 0 saturated carbocycles.